The van der Waals surface area contributed by atoms with E-state index in [1.165, 1.54) is 4.90 Å². The summed E-state index contributed by atoms with van der Waals surface area (Å²) in [6.45, 7) is 13.4. The van der Waals surface area contributed by atoms with Crippen LogP contribution in [0.15, 0.2) is 25.3 Å². The number of carbonyl (C=O) groups excluding carboxylic acids is 3. The molecular weight excluding hydrogens is 400 g/mol. The summed E-state index contributed by atoms with van der Waals surface area (Å²) < 4.78 is 11.7. The molecular formula is C23H34N2O6. The zero-order chi connectivity index (χ0) is 23.0. The molecule has 1 spiro atoms. The fourth-order valence-electron chi connectivity index (χ4n) is 5.36. The van der Waals surface area contributed by atoms with Gasteiger partial charge in [-0.15, -0.1) is 13.2 Å². The lowest BCUT2D eigenvalue weighted by molar-refractivity contribution is -0.155. The number of β-amino-alcohol motifs (C(OH)–C–C–N with tert-alkyl or cyclic N) is 1. The second-order valence-electron chi connectivity index (χ2n) is 9.46. The van der Waals surface area contributed by atoms with Crippen LogP contribution in [-0.2, 0) is 23.9 Å². The molecule has 3 aliphatic heterocycles. The van der Waals surface area contributed by atoms with Gasteiger partial charge in [0, 0.05) is 18.6 Å². The minimum atomic E-state index is -1.08. The van der Waals surface area contributed by atoms with E-state index in [1.54, 1.807) is 17.1 Å². The van der Waals surface area contributed by atoms with Gasteiger partial charge in [0.1, 0.15) is 11.6 Å². The van der Waals surface area contributed by atoms with Gasteiger partial charge in [-0.3, -0.25) is 14.4 Å². The molecule has 5 atom stereocenters. The van der Waals surface area contributed by atoms with Crippen molar-refractivity contribution in [1.82, 2.24) is 9.80 Å². The number of fused-ring (bicyclic) bond motifs is 1. The molecule has 31 heavy (non-hydrogen) atoms. The van der Waals surface area contributed by atoms with Crippen molar-refractivity contribution in [2.24, 2.45) is 11.8 Å². The van der Waals surface area contributed by atoms with E-state index in [1.807, 2.05) is 20.8 Å². The molecule has 3 heterocycles. The zero-order valence-corrected chi connectivity index (χ0v) is 18.7. The highest BCUT2D eigenvalue weighted by Crippen LogP contribution is 2.58. The highest BCUT2D eigenvalue weighted by Gasteiger charge is 2.75. The van der Waals surface area contributed by atoms with E-state index in [2.05, 4.69) is 13.2 Å². The lowest BCUT2D eigenvalue weighted by atomic mass is 9.70. The number of hydrogen-bond acceptors (Lipinski definition) is 6. The monoisotopic (exact) mass is 434 g/mol. The van der Waals surface area contributed by atoms with Gasteiger partial charge in [-0.1, -0.05) is 12.2 Å². The number of carbonyl (C=O) groups is 3. The van der Waals surface area contributed by atoms with E-state index in [0.29, 0.717) is 25.8 Å². The highest BCUT2D eigenvalue weighted by atomic mass is 16.6. The second kappa shape index (κ2) is 8.74. The first-order valence-corrected chi connectivity index (χ1v) is 10.9. The van der Waals surface area contributed by atoms with Gasteiger partial charge in [0.2, 0.25) is 11.8 Å². The van der Waals surface area contributed by atoms with Crippen molar-refractivity contribution >= 4 is 17.8 Å². The maximum atomic E-state index is 13.8. The minimum absolute atomic E-state index is 0.00577. The molecule has 3 aliphatic rings. The number of likely N-dealkylation sites (tertiary alicyclic amines) is 1. The van der Waals surface area contributed by atoms with Crippen LogP contribution in [0.2, 0.25) is 0 Å². The van der Waals surface area contributed by atoms with E-state index < -0.39 is 41.1 Å². The summed E-state index contributed by atoms with van der Waals surface area (Å²) in [7, 11) is 0. The van der Waals surface area contributed by atoms with Crippen LogP contribution < -0.4 is 0 Å². The summed E-state index contributed by atoms with van der Waals surface area (Å²) in [6, 6.07) is -0.896. The smallest absolute Gasteiger partial charge is 0.312 e. The number of aliphatic hydroxyl groups excluding tert-OH is 1. The van der Waals surface area contributed by atoms with Crippen LogP contribution in [0.25, 0.3) is 0 Å². The molecule has 3 saturated heterocycles. The van der Waals surface area contributed by atoms with Gasteiger partial charge < -0.3 is 24.4 Å². The van der Waals surface area contributed by atoms with Crippen LogP contribution >= 0.6 is 0 Å². The Labute approximate surface area is 183 Å². The van der Waals surface area contributed by atoms with Crippen LogP contribution in [-0.4, -0.2) is 82.3 Å². The molecule has 0 aromatic carbocycles. The van der Waals surface area contributed by atoms with Gasteiger partial charge >= 0.3 is 5.97 Å². The van der Waals surface area contributed by atoms with Crippen LogP contribution in [0.4, 0.5) is 0 Å². The van der Waals surface area contributed by atoms with Crippen molar-refractivity contribution in [2.75, 3.05) is 26.3 Å². The predicted molar refractivity (Wildman–Crippen MR) is 114 cm³/mol. The molecule has 0 radical (unpaired) electrons. The first-order chi connectivity index (χ1) is 14.6. The van der Waals surface area contributed by atoms with E-state index in [0.717, 1.165) is 0 Å². The Bertz CT molecular complexity index is 760. The SMILES string of the molecule is C=CCCOC(=O)[C@@H]1[C@H]2C(=O)N(CCO)C(C(=O)N(CC=C)C(C)(C)C)C23CC[C@H]1O3. The molecule has 3 fully saturated rings. The quantitative estimate of drug-likeness (QED) is 0.334. The Hall–Kier alpha value is -2.19. The lowest BCUT2D eigenvalue weighted by Crippen LogP contribution is -2.60. The van der Waals surface area contributed by atoms with Crippen molar-refractivity contribution in [3.8, 4) is 0 Å². The van der Waals surface area contributed by atoms with Crippen molar-refractivity contribution in [1.29, 1.82) is 0 Å². The van der Waals surface area contributed by atoms with Crippen LogP contribution in [0.5, 0.6) is 0 Å². The fourth-order valence-corrected chi connectivity index (χ4v) is 5.36. The second-order valence-corrected chi connectivity index (χ2v) is 9.46. The van der Waals surface area contributed by atoms with E-state index in [4.69, 9.17) is 9.47 Å². The third-order valence-electron chi connectivity index (χ3n) is 6.60. The Balaban J connectivity index is 1.98. The first-order valence-electron chi connectivity index (χ1n) is 10.9. The van der Waals surface area contributed by atoms with Crippen LogP contribution in [0.1, 0.15) is 40.0 Å². The van der Waals surface area contributed by atoms with Gasteiger partial charge in [-0.25, -0.2) is 0 Å². The largest absolute Gasteiger partial charge is 0.465 e. The Morgan fingerprint density at radius 2 is 2.06 bits per heavy atom. The average molecular weight is 435 g/mol. The van der Waals surface area contributed by atoms with Gasteiger partial charge in [-0.05, 0) is 40.0 Å². The highest BCUT2D eigenvalue weighted by molar-refractivity contribution is 5.98. The summed E-state index contributed by atoms with van der Waals surface area (Å²) in [6.07, 6.45) is 4.48. The number of esters is 1. The van der Waals surface area contributed by atoms with Gasteiger partial charge in [-0.2, -0.15) is 0 Å². The predicted octanol–water partition coefficient (Wildman–Crippen LogP) is 1.29. The Morgan fingerprint density at radius 1 is 1.35 bits per heavy atom. The zero-order valence-electron chi connectivity index (χ0n) is 18.7. The maximum absolute atomic E-state index is 13.8. The summed E-state index contributed by atoms with van der Waals surface area (Å²) in [5.41, 5.74) is -1.59. The molecule has 2 unspecified atom stereocenters. The fraction of sp³-hybridized carbons (Fsp3) is 0.696. The molecule has 0 aromatic rings. The molecule has 172 valence electrons. The Kier molecular flexibility index (Phi) is 6.62. The normalized spacial score (nSPS) is 31.5. The third-order valence-corrected chi connectivity index (χ3v) is 6.60. The van der Waals surface area contributed by atoms with Gasteiger partial charge in [0.25, 0.3) is 0 Å². The van der Waals surface area contributed by atoms with Crippen molar-refractivity contribution in [3.05, 3.63) is 25.3 Å². The molecule has 0 aliphatic carbocycles. The molecule has 8 nitrogen and oxygen atoms in total. The first kappa shape index (κ1) is 23.5. The molecule has 0 saturated carbocycles. The topological polar surface area (TPSA) is 96.4 Å². The van der Waals surface area contributed by atoms with E-state index in [9.17, 15) is 19.5 Å². The summed E-state index contributed by atoms with van der Waals surface area (Å²) in [5.74, 6) is -2.57. The number of hydrogen-bond donors (Lipinski definition) is 1. The number of nitrogens with zero attached hydrogens (tertiary/aromatic N) is 2. The standard InChI is InChI=1S/C23H34N2O6/c1-6-8-14-30-21(29)16-15-9-10-23(31-15)17(16)19(27)24(12-13-26)18(23)20(28)25(11-7-2)22(3,4)5/h6-7,15-18,26H,1-2,8-14H2,3-5H3/t15-,16+,17+,18?,23?/m1/s1. The van der Waals surface area contributed by atoms with E-state index in [-0.39, 0.29) is 31.6 Å². The molecule has 0 aromatic heterocycles. The van der Waals surface area contributed by atoms with Gasteiger partial charge in [0.05, 0.1) is 31.2 Å². The third kappa shape index (κ3) is 3.80. The summed E-state index contributed by atoms with van der Waals surface area (Å²) in [4.78, 5) is 43.2. The summed E-state index contributed by atoms with van der Waals surface area (Å²) in [5, 5.41) is 9.62. The number of aliphatic hydroxyl groups is 1. The molecule has 1 N–H and O–H groups in total. The average Bonchev–Trinajstić information content (AvgIpc) is 3.33. The number of amides is 2. The van der Waals surface area contributed by atoms with Crippen molar-refractivity contribution in [3.63, 3.8) is 0 Å². The minimum Gasteiger partial charge on any atom is -0.465 e. The van der Waals surface area contributed by atoms with Crippen LogP contribution in [0, 0.1) is 11.8 Å². The lowest BCUT2D eigenvalue weighted by Gasteiger charge is -2.41. The summed E-state index contributed by atoms with van der Waals surface area (Å²) >= 11 is 0. The van der Waals surface area contributed by atoms with E-state index >= 15 is 0 Å². The number of rotatable bonds is 9. The Morgan fingerprint density at radius 3 is 2.65 bits per heavy atom. The molecule has 3 rings (SSSR count). The molecule has 2 amide bonds. The van der Waals surface area contributed by atoms with Crippen molar-refractivity contribution in [2.45, 2.75) is 63.3 Å². The van der Waals surface area contributed by atoms with Crippen LogP contribution in [0.3, 0.4) is 0 Å². The van der Waals surface area contributed by atoms with Crippen molar-refractivity contribution < 1.29 is 29.0 Å². The number of ether oxygens (including phenoxy) is 2. The maximum Gasteiger partial charge on any atom is 0.312 e. The van der Waals surface area contributed by atoms with Gasteiger partial charge in [0.15, 0.2) is 0 Å². The molecule has 2 bridgehead atoms. The molecule has 8 heteroatoms.